The lowest BCUT2D eigenvalue weighted by atomic mass is 9.72. The lowest BCUT2D eigenvalue weighted by molar-refractivity contribution is -0.0521. The second-order valence-corrected chi connectivity index (χ2v) is 11.0. The van der Waals surface area contributed by atoms with Crippen LogP contribution in [0.3, 0.4) is 0 Å². The van der Waals surface area contributed by atoms with Gasteiger partial charge in [-0.3, -0.25) is 0 Å². The Kier molecular flexibility index (Phi) is 10.3. The van der Waals surface area contributed by atoms with E-state index in [1.54, 1.807) is 21.3 Å². The monoisotopic (exact) mass is 527 g/mol. The van der Waals surface area contributed by atoms with Crippen molar-refractivity contribution in [2.45, 2.75) is 63.3 Å². The molecule has 0 aromatic heterocycles. The van der Waals surface area contributed by atoms with Crippen LogP contribution < -0.4 is 14.4 Å². The van der Waals surface area contributed by atoms with Crippen molar-refractivity contribution >= 4 is 5.69 Å². The second kappa shape index (κ2) is 13.7. The topological polar surface area (TPSA) is 69.6 Å². The molecule has 1 aliphatic heterocycles. The number of benzene rings is 2. The molecule has 7 heteroatoms. The number of rotatable bonds is 13. The Morgan fingerprint density at radius 1 is 1.05 bits per heavy atom. The minimum atomic E-state index is -0.822. The number of methoxy groups -OCH3 is 3. The minimum absolute atomic E-state index is 0.108. The number of hydrogen-bond donors (Lipinski definition) is 1. The van der Waals surface area contributed by atoms with Gasteiger partial charge in [0.1, 0.15) is 18.1 Å². The van der Waals surface area contributed by atoms with Gasteiger partial charge in [-0.25, -0.2) is 0 Å². The maximum absolute atomic E-state index is 10.8. The molecule has 1 saturated carbocycles. The zero-order chi connectivity index (χ0) is 27.0. The van der Waals surface area contributed by atoms with E-state index in [-0.39, 0.29) is 12.0 Å². The maximum atomic E-state index is 10.8. The summed E-state index contributed by atoms with van der Waals surface area (Å²) < 4.78 is 28.5. The average Bonchev–Trinajstić information content (AvgIpc) is 2.92. The van der Waals surface area contributed by atoms with Crippen molar-refractivity contribution < 1.29 is 28.8 Å². The van der Waals surface area contributed by atoms with Crippen LogP contribution in [0.4, 0.5) is 5.69 Å². The van der Waals surface area contributed by atoms with Crippen LogP contribution in [0.2, 0.25) is 0 Å². The summed E-state index contributed by atoms with van der Waals surface area (Å²) >= 11 is 0. The third kappa shape index (κ3) is 7.63. The first-order valence-corrected chi connectivity index (χ1v) is 13.9. The van der Waals surface area contributed by atoms with Gasteiger partial charge in [0.25, 0.3) is 0 Å². The zero-order valence-electron chi connectivity index (χ0n) is 23.5. The van der Waals surface area contributed by atoms with Crippen molar-refractivity contribution in [1.29, 1.82) is 0 Å². The zero-order valence-corrected chi connectivity index (χ0v) is 23.5. The lowest BCUT2D eigenvalue weighted by Crippen LogP contribution is -2.37. The quantitative estimate of drug-likeness (QED) is 0.360. The van der Waals surface area contributed by atoms with E-state index < -0.39 is 5.60 Å². The molecule has 38 heavy (non-hydrogen) atoms. The fourth-order valence-corrected chi connectivity index (χ4v) is 6.05. The van der Waals surface area contributed by atoms with Gasteiger partial charge in [0.2, 0.25) is 0 Å². The van der Waals surface area contributed by atoms with E-state index in [0.717, 1.165) is 74.6 Å². The number of ether oxygens (including phenoxy) is 5. The van der Waals surface area contributed by atoms with Gasteiger partial charge in [-0.05, 0) is 80.3 Å². The Morgan fingerprint density at radius 2 is 1.87 bits per heavy atom. The molecular formula is C31H45NO6. The van der Waals surface area contributed by atoms with E-state index >= 15 is 0 Å². The number of fused-ring (bicyclic) bond motifs is 1. The van der Waals surface area contributed by atoms with Gasteiger partial charge in [0.15, 0.2) is 0 Å². The number of hydrogen-bond acceptors (Lipinski definition) is 7. The Bertz CT molecular complexity index is 994. The summed E-state index contributed by atoms with van der Waals surface area (Å²) in [6, 6.07) is 14.8. The molecular weight excluding hydrogens is 482 g/mol. The summed E-state index contributed by atoms with van der Waals surface area (Å²) in [5, 5.41) is 10.8. The minimum Gasteiger partial charge on any atom is -0.497 e. The fourth-order valence-electron chi connectivity index (χ4n) is 6.05. The highest BCUT2D eigenvalue weighted by atomic mass is 16.5. The summed E-state index contributed by atoms with van der Waals surface area (Å²) in [6.07, 6.45) is 4.79. The number of anilines is 1. The smallest absolute Gasteiger partial charge is 0.142 e. The van der Waals surface area contributed by atoms with Gasteiger partial charge < -0.3 is 33.7 Å². The van der Waals surface area contributed by atoms with Crippen molar-refractivity contribution in [2.75, 3.05) is 59.1 Å². The first kappa shape index (κ1) is 28.7. The van der Waals surface area contributed by atoms with Crippen LogP contribution in [0, 0.1) is 5.92 Å². The van der Waals surface area contributed by atoms with E-state index in [0.29, 0.717) is 25.7 Å². The van der Waals surface area contributed by atoms with Crippen molar-refractivity contribution in [2.24, 2.45) is 5.92 Å². The highest BCUT2D eigenvalue weighted by Crippen LogP contribution is 2.42. The summed E-state index contributed by atoms with van der Waals surface area (Å²) in [5.74, 6) is 2.46. The summed E-state index contributed by atoms with van der Waals surface area (Å²) in [6.45, 7) is 6.08. The molecule has 0 bridgehead atoms. The van der Waals surface area contributed by atoms with Crippen LogP contribution in [0.5, 0.6) is 11.5 Å². The van der Waals surface area contributed by atoms with E-state index in [1.165, 1.54) is 5.56 Å². The summed E-state index contributed by atoms with van der Waals surface area (Å²) in [7, 11) is 5.08. The van der Waals surface area contributed by atoms with Gasteiger partial charge in [0.05, 0.1) is 44.3 Å². The number of aliphatic hydroxyl groups is 1. The van der Waals surface area contributed by atoms with Gasteiger partial charge >= 0.3 is 0 Å². The van der Waals surface area contributed by atoms with Gasteiger partial charge in [-0.1, -0.05) is 18.2 Å². The second-order valence-electron chi connectivity index (χ2n) is 11.0. The van der Waals surface area contributed by atoms with Crippen LogP contribution in [0.15, 0.2) is 42.5 Å². The molecule has 1 unspecified atom stereocenters. The molecule has 210 valence electrons. The largest absolute Gasteiger partial charge is 0.497 e. The molecule has 0 saturated heterocycles. The molecule has 1 aliphatic carbocycles. The lowest BCUT2D eigenvalue weighted by Gasteiger charge is -2.39. The molecule has 4 atom stereocenters. The van der Waals surface area contributed by atoms with E-state index in [1.807, 2.05) is 19.1 Å². The van der Waals surface area contributed by atoms with Crippen molar-refractivity contribution in [1.82, 2.24) is 0 Å². The predicted molar refractivity (Wildman–Crippen MR) is 149 cm³/mol. The van der Waals surface area contributed by atoms with Crippen LogP contribution in [-0.2, 0) is 20.8 Å². The SMILES string of the molecule is COCCCN1CCOc2ccc(CO[C@H]3CC[C@@H](CC(C)(O)COC)C[C@@H]3c3ccc(OC)cc3)cc21. The molecule has 2 aromatic rings. The molecule has 0 radical (unpaired) electrons. The molecule has 1 heterocycles. The first-order chi connectivity index (χ1) is 18.4. The highest BCUT2D eigenvalue weighted by Gasteiger charge is 2.36. The molecule has 2 aliphatic rings. The Hall–Kier alpha value is -2.32. The van der Waals surface area contributed by atoms with Crippen LogP contribution in [-0.4, -0.2) is 71.1 Å². The molecule has 4 rings (SSSR count). The van der Waals surface area contributed by atoms with E-state index in [2.05, 4.69) is 35.2 Å². The van der Waals surface area contributed by atoms with E-state index in [9.17, 15) is 5.11 Å². The van der Waals surface area contributed by atoms with Gasteiger partial charge in [0, 0.05) is 33.3 Å². The average molecular weight is 528 g/mol. The van der Waals surface area contributed by atoms with Crippen molar-refractivity contribution in [3.8, 4) is 11.5 Å². The maximum Gasteiger partial charge on any atom is 0.142 e. The van der Waals surface area contributed by atoms with Gasteiger partial charge in [-0.15, -0.1) is 0 Å². The fraction of sp³-hybridized carbons (Fsp3) is 0.613. The molecule has 0 spiro atoms. The highest BCUT2D eigenvalue weighted by molar-refractivity contribution is 5.61. The molecule has 2 aromatic carbocycles. The van der Waals surface area contributed by atoms with Crippen LogP contribution >= 0.6 is 0 Å². The number of nitrogens with zero attached hydrogens (tertiary/aromatic N) is 1. The third-order valence-electron chi connectivity index (χ3n) is 7.85. The van der Waals surface area contributed by atoms with Crippen LogP contribution in [0.1, 0.15) is 56.1 Å². The normalized spacial score (nSPS) is 22.9. The molecule has 7 nitrogen and oxygen atoms in total. The van der Waals surface area contributed by atoms with Gasteiger partial charge in [-0.2, -0.15) is 0 Å². The third-order valence-corrected chi connectivity index (χ3v) is 7.85. The molecule has 1 fully saturated rings. The predicted octanol–water partition coefficient (Wildman–Crippen LogP) is 5.19. The van der Waals surface area contributed by atoms with Crippen molar-refractivity contribution in [3.05, 3.63) is 53.6 Å². The van der Waals surface area contributed by atoms with Crippen molar-refractivity contribution in [3.63, 3.8) is 0 Å². The Labute approximate surface area is 228 Å². The first-order valence-electron chi connectivity index (χ1n) is 13.9. The van der Waals surface area contributed by atoms with E-state index in [4.69, 9.17) is 23.7 Å². The van der Waals surface area contributed by atoms with Crippen LogP contribution in [0.25, 0.3) is 0 Å². The standard InChI is InChI=1S/C31H45NO6/c1-31(33,22-35-3)20-23-6-12-29(27(18-23)25-8-10-26(36-4)11-9-25)38-21-24-7-13-30-28(19-24)32(15-17-37-30)14-5-16-34-2/h7-11,13,19,23,27,29,33H,5-6,12,14-18,20-22H2,1-4H3/t23-,27-,29+,31?/m1/s1. The Balaban J connectivity index is 1.46. The summed E-state index contributed by atoms with van der Waals surface area (Å²) in [5.41, 5.74) is 2.74. The molecule has 1 N–H and O–H groups in total. The molecule has 0 amide bonds. The Morgan fingerprint density at radius 3 is 2.61 bits per heavy atom. The summed E-state index contributed by atoms with van der Waals surface area (Å²) in [4.78, 5) is 2.39.